The van der Waals surface area contributed by atoms with Crippen LogP contribution in [0.25, 0.3) is 0 Å². The van der Waals surface area contributed by atoms with Crippen LogP contribution in [0.2, 0.25) is 0 Å². The van der Waals surface area contributed by atoms with Crippen molar-refractivity contribution in [3.8, 4) is 0 Å². The van der Waals surface area contributed by atoms with Gasteiger partial charge in [-0.1, -0.05) is 96.8 Å². The molecule has 0 fully saturated rings. The SMILES string of the molecule is CCCCCCCCCCCCCCCCCC[S+](C)C.[OH-]. The smallest absolute Gasteiger partial charge is 0.107 e. The lowest BCUT2D eigenvalue weighted by Gasteiger charge is -2.03. The van der Waals surface area contributed by atoms with Gasteiger partial charge in [-0.05, 0) is 23.7 Å². The van der Waals surface area contributed by atoms with Crippen molar-refractivity contribution in [2.24, 2.45) is 0 Å². The molecule has 0 aromatic rings. The topological polar surface area (TPSA) is 30.0 Å². The summed E-state index contributed by atoms with van der Waals surface area (Å²) in [5.74, 6) is 1.46. The number of hydrogen-bond donors (Lipinski definition) is 0. The predicted octanol–water partition coefficient (Wildman–Crippen LogP) is 6.95. The normalized spacial score (nSPS) is 10.9. The van der Waals surface area contributed by atoms with Gasteiger partial charge in [-0.3, -0.25) is 0 Å². The zero-order valence-corrected chi connectivity index (χ0v) is 16.7. The lowest BCUT2D eigenvalue weighted by molar-refractivity contribution is 0.531. The highest BCUT2D eigenvalue weighted by molar-refractivity contribution is 7.95. The Bertz CT molecular complexity index is 183. The van der Waals surface area contributed by atoms with E-state index in [1.165, 1.54) is 108 Å². The van der Waals surface area contributed by atoms with Gasteiger partial charge in [-0.2, -0.15) is 0 Å². The van der Waals surface area contributed by atoms with Crippen LogP contribution in [-0.2, 0) is 10.9 Å². The Morgan fingerprint density at radius 3 is 1.00 bits per heavy atom. The van der Waals surface area contributed by atoms with Crippen molar-refractivity contribution in [1.29, 1.82) is 0 Å². The molecule has 1 N–H and O–H groups in total. The predicted molar refractivity (Wildman–Crippen MR) is 106 cm³/mol. The monoisotopic (exact) mass is 332 g/mol. The van der Waals surface area contributed by atoms with E-state index < -0.39 is 0 Å². The van der Waals surface area contributed by atoms with Crippen molar-refractivity contribution >= 4 is 10.9 Å². The van der Waals surface area contributed by atoms with Crippen molar-refractivity contribution in [3.05, 3.63) is 0 Å². The van der Waals surface area contributed by atoms with Crippen LogP contribution >= 0.6 is 0 Å². The summed E-state index contributed by atoms with van der Waals surface area (Å²) >= 11 is 0. The van der Waals surface area contributed by atoms with E-state index in [2.05, 4.69) is 19.4 Å². The second-order valence-electron chi connectivity index (χ2n) is 6.99. The molecule has 2 heteroatoms. The fraction of sp³-hybridized carbons (Fsp3) is 1.00. The minimum absolute atomic E-state index is 0. The lowest BCUT2D eigenvalue weighted by Crippen LogP contribution is -2.00. The number of unbranched alkanes of at least 4 members (excludes halogenated alkanes) is 15. The Morgan fingerprint density at radius 1 is 0.455 bits per heavy atom. The first kappa shape index (κ1) is 24.6. The van der Waals surface area contributed by atoms with Gasteiger partial charge in [0.25, 0.3) is 0 Å². The third kappa shape index (κ3) is 22.6. The summed E-state index contributed by atoms with van der Waals surface area (Å²) in [6.45, 7) is 2.30. The maximum Gasteiger partial charge on any atom is 0.107 e. The van der Waals surface area contributed by atoms with Crippen LogP contribution in [0.4, 0.5) is 0 Å². The highest BCUT2D eigenvalue weighted by Crippen LogP contribution is 2.13. The molecular formula is C20H44OS. The van der Waals surface area contributed by atoms with Crippen LogP contribution in [0.1, 0.15) is 110 Å². The third-order valence-electron chi connectivity index (χ3n) is 4.41. The molecule has 0 aromatic heterocycles. The second-order valence-corrected chi connectivity index (χ2v) is 9.37. The molecule has 22 heavy (non-hydrogen) atoms. The van der Waals surface area contributed by atoms with Crippen LogP contribution in [0, 0.1) is 0 Å². The Hall–Kier alpha value is 0.310. The van der Waals surface area contributed by atoms with E-state index in [4.69, 9.17) is 0 Å². The average molecular weight is 333 g/mol. The Labute approximate surface area is 144 Å². The summed E-state index contributed by atoms with van der Waals surface area (Å²) in [7, 11) is 0.667. The quantitative estimate of drug-likeness (QED) is 0.209. The molecule has 0 rings (SSSR count). The molecule has 1 nitrogen and oxygen atoms in total. The van der Waals surface area contributed by atoms with Crippen LogP contribution in [0.3, 0.4) is 0 Å². The molecule has 0 bridgehead atoms. The fourth-order valence-electron chi connectivity index (χ4n) is 2.94. The van der Waals surface area contributed by atoms with Crippen molar-refractivity contribution in [2.45, 2.75) is 110 Å². The van der Waals surface area contributed by atoms with E-state index in [0.29, 0.717) is 10.9 Å². The summed E-state index contributed by atoms with van der Waals surface area (Å²) in [5.41, 5.74) is 0. The van der Waals surface area contributed by atoms with Crippen LogP contribution < -0.4 is 0 Å². The molecule has 0 spiro atoms. The van der Waals surface area contributed by atoms with Gasteiger partial charge in [-0.15, -0.1) is 0 Å². The second kappa shape index (κ2) is 21.3. The maximum absolute atomic E-state index is 2.37. The van der Waals surface area contributed by atoms with Gasteiger partial charge < -0.3 is 5.48 Å². The van der Waals surface area contributed by atoms with Gasteiger partial charge in [0, 0.05) is 0 Å². The van der Waals surface area contributed by atoms with Crippen LogP contribution in [0.5, 0.6) is 0 Å². The minimum Gasteiger partial charge on any atom is -0.870 e. The van der Waals surface area contributed by atoms with Crippen molar-refractivity contribution in [2.75, 3.05) is 18.3 Å². The molecule has 0 atom stereocenters. The summed E-state index contributed by atoms with van der Waals surface area (Å²) in [5, 5.41) is 0. The number of hydrogen-bond acceptors (Lipinski definition) is 1. The molecular weight excluding hydrogens is 288 g/mol. The Morgan fingerprint density at radius 2 is 0.727 bits per heavy atom. The molecule has 136 valence electrons. The molecule has 0 unspecified atom stereocenters. The molecule has 0 heterocycles. The molecule has 0 aliphatic heterocycles. The lowest BCUT2D eigenvalue weighted by atomic mass is 10.0. The van der Waals surface area contributed by atoms with Crippen molar-refractivity contribution < 1.29 is 5.48 Å². The van der Waals surface area contributed by atoms with E-state index in [-0.39, 0.29) is 5.48 Å². The first-order valence-corrected chi connectivity index (χ1v) is 12.0. The molecule has 0 aromatic carbocycles. The highest BCUT2D eigenvalue weighted by atomic mass is 32.2. The van der Waals surface area contributed by atoms with E-state index in [9.17, 15) is 0 Å². The minimum atomic E-state index is 0. The van der Waals surface area contributed by atoms with E-state index >= 15 is 0 Å². The summed E-state index contributed by atoms with van der Waals surface area (Å²) in [6.07, 6.45) is 28.3. The summed E-state index contributed by atoms with van der Waals surface area (Å²) in [4.78, 5) is 0. The molecule has 0 saturated heterocycles. The molecule has 0 aliphatic carbocycles. The zero-order chi connectivity index (χ0) is 15.6. The van der Waals surface area contributed by atoms with Gasteiger partial charge in [0.05, 0.1) is 12.5 Å². The summed E-state index contributed by atoms with van der Waals surface area (Å²) < 4.78 is 0. The van der Waals surface area contributed by atoms with Gasteiger partial charge in [0.15, 0.2) is 0 Å². The maximum atomic E-state index is 2.37. The Kier molecular flexibility index (Phi) is 23.8. The number of rotatable bonds is 17. The average Bonchev–Trinajstić information content (AvgIpc) is 2.46. The van der Waals surface area contributed by atoms with Gasteiger partial charge in [-0.25, -0.2) is 0 Å². The first-order chi connectivity index (χ1) is 10.3. The van der Waals surface area contributed by atoms with Gasteiger partial charge >= 0.3 is 0 Å². The zero-order valence-electron chi connectivity index (χ0n) is 15.9. The standard InChI is InChI=1S/C20H43S.H2O/c1-4-5-6-7-8-9-10-11-12-13-14-15-16-17-18-19-20-21(2)3;/h4-20H2,1-3H3;1H2/q+1;/p-1. The van der Waals surface area contributed by atoms with Crippen molar-refractivity contribution in [3.63, 3.8) is 0 Å². The third-order valence-corrected chi connectivity index (χ3v) is 5.51. The van der Waals surface area contributed by atoms with Crippen molar-refractivity contribution in [1.82, 2.24) is 0 Å². The van der Waals surface area contributed by atoms with E-state index in [1.807, 2.05) is 0 Å². The van der Waals surface area contributed by atoms with E-state index in [1.54, 1.807) is 0 Å². The van der Waals surface area contributed by atoms with Gasteiger partial charge in [0.1, 0.15) is 5.75 Å². The molecule has 0 aliphatic rings. The van der Waals surface area contributed by atoms with Crippen LogP contribution in [-0.4, -0.2) is 23.7 Å². The molecule has 0 radical (unpaired) electrons. The fourth-order valence-corrected chi connectivity index (χ4v) is 3.72. The summed E-state index contributed by atoms with van der Waals surface area (Å²) in [6, 6.07) is 0. The molecule has 0 saturated carbocycles. The largest absolute Gasteiger partial charge is 0.870 e. The first-order valence-electron chi connectivity index (χ1n) is 9.81. The van der Waals surface area contributed by atoms with E-state index in [0.717, 1.165) is 0 Å². The highest BCUT2D eigenvalue weighted by Gasteiger charge is 2.00. The molecule has 0 amide bonds. The Balaban J connectivity index is 0. The van der Waals surface area contributed by atoms with Gasteiger partial charge in [0.2, 0.25) is 0 Å². The van der Waals surface area contributed by atoms with Crippen LogP contribution in [0.15, 0.2) is 0 Å².